The van der Waals surface area contributed by atoms with Gasteiger partial charge in [0.15, 0.2) is 18.1 Å². The zero-order valence-electron chi connectivity index (χ0n) is 15.5. The average Bonchev–Trinajstić information content (AvgIpc) is 2.66. The molecule has 0 bridgehead atoms. The topological polar surface area (TPSA) is 93.9 Å². The Hall–Kier alpha value is -3.22. The lowest BCUT2D eigenvalue weighted by molar-refractivity contribution is -0.120. The molecule has 2 aromatic carbocycles. The predicted molar refractivity (Wildman–Crippen MR) is 104 cm³/mol. The number of carbonyl (C=O) groups is 2. The van der Waals surface area contributed by atoms with Gasteiger partial charge < -0.3 is 25.4 Å². The summed E-state index contributed by atoms with van der Waals surface area (Å²) < 4.78 is 11.0. The van der Waals surface area contributed by atoms with Crippen LogP contribution in [0.5, 0.6) is 11.5 Å². The minimum atomic E-state index is -0.623. The fourth-order valence-electron chi connectivity index (χ4n) is 3.25. The first-order valence-electron chi connectivity index (χ1n) is 8.75. The summed E-state index contributed by atoms with van der Waals surface area (Å²) in [6.45, 7) is 2.45. The molecule has 3 rings (SSSR count). The molecule has 0 aromatic heterocycles. The zero-order chi connectivity index (χ0) is 19.4. The van der Waals surface area contributed by atoms with Crippen molar-refractivity contribution in [2.45, 2.75) is 19.8 Å². The number of nitrogens with zero attached hydrogens (tertiary/aromatic N) is 1. The van der Waals surface area contributed by atoms with Crippen LogP contribution in [0, 0.1) is 6.92 Å². The van der Waals surface area contributed by atoms with Crippen LogP contribution in [0.2, 0.25) is 0 Å². The molecule has 0 aliphatic carbocycles. The molecule has 0 spiro atoms. The Morgan fingerprint density at radius 1 is 1.22 bits per heavy atom. The number of primary amides is 1. The maximum atomic E-state index is 12.8. The fraction of sp³-hybridized carbons (Fsp3) is 0.300. The van der Waals surface area contributed by atoms with Crippen molar-refractivity contribution < 1.29 is 19.1 Å². The first kappa shape index (κ1) is 18.6. The molecule has 3 N–H and O–H groups in total. The van der Waals surface area contributed by atoms with E-state index in [9.17, 15) is 9.59 Å². The molecule has 0 saturated heterocycles. The summed E-state index contributed by atoms with van der Waals surface area (Å²) in [5.41, 5.74) is 8.60. The van der Waals surface area contributed by atoms with Crippen molar-refractivity contribution in [3.05, 3.63) is 47.5 Å². The SMILES string of the molecule is COc1cc(C)ccc1OCC(=O)N1CCCc2c(NC(N)=O)cccc21. The predicted octanol–water partition coefficient (Wildman–Crippen LogP) is 2.85. The number of anilines is 2. The summed E-state index contributed by atoms with van der Waals surface area (Å²) in [7, 11) is 1.57. The van der Waals surface area contributed by atoms with Gasteiger partial charge in [-0.05, 0) is 55.2 Å². The third kappa shape index (κ3) is 4.13. The summed E-state index contributed by atoms with van der Waals surface area (Å²) in [6.07, 6.45) is 1.56. The van der Waals surface area contributed by atoms with Crippen LogP contribution >= 0.6 is 0 Å². The van der Waals surface area contributed by atoms with E-state index in [0.29, 0.717) is 23.7 Å². The minimum absolute atomic E-state index is 0.105. The molecule has 0 saturated carbocycles. The molecule has 0 unspecified atom stereocenters. The van der Waals surface area contributed by atoms with Gasteiger partial charge >= 0.3 is 6.03 Å². The Balaban J connectivity index is 1.77. The van der Waals surface area contributed by atoms with E-state index in [4.69, 9.17) is 15.2 Å². The molecule has 2 aromatic rings. The van der Waals surface area contributed by atoms with E-state index in [1.807, 2.05) is 25.1 Å². The number of carbonyl (C=O) groups excluding carboxylic acids is 2. The highest BCUT2D eigenvalue weighted by atomic mass is 16.5. The molecule has 3 amide bonds. The van der Waals surface area contributed by atoms with E-state index in [1.165, 1.54) is 0 Å². The number of nitrogens with two attached hydrogens (primary N) is 1. The number of methoxy groups -OCH3 is 1. The van der Waals surface area contributed by atoms with Gasteiger partial charge in [-0.3, -0.25) is 4.79 Å². The Morgan fingerprint density at radius 3 is 2.78 bits per heavy atom. The molecule has 27 heavy (non-hydrogen) atoms. The molecular formula is C20H23N3O4. The molecule has 1 aliphatic heterocycles. The van der Waals surface area contributed by atoms with Crippen molar-refractivity contribution >= 4 is 23.3 Å². The Morgan fingerprint density at radius 2 is 2.04 bits per heavy atom. The highest BCUT2D eigenvalue weighted by molar-refractivity contribution is 5.98. The molecule has 1 heterocycles. The molecule has 142 valence electrons. The second-order valence-electron chi connectivity index (χ2n) is 6.38. The number of urea groups is 1. The van der Waals surface area contributed by atoms with Gasteiger partial charge in [0, 0.05) is 17.9 Å². The number of nitrogens with one attached hydrogen (secondary N) is 1. The van der Waals surface area contributed by atoms with Crippen LogP contribution in [0.25, 0.3) is 0 Å². The Bertz CT molecular complexity index is 866. The van der Waals surface area contributed by atoms with Crippen LogP contribution in [0.4, 0.5) is 16.2 Å². The number of fused-ring (bicyclic) bond motifs is 1. The third-order valence-electron chi connectivity index (χ3n) is 4.48. The fourth-order valence-corrected chi connectivity index (χ4v) is 3.25. The van der Waals surface area contributed by atoms with Crippen molar-refractivity contribution in [1.82, 2.24) is 0 Å². The number of ether oxygens (including phenoxy) is 2. The van der Waals surface area contributed by atoms with E-state index >= 15 is 0 Å². The second-order valence-corrected chi connectivity index (χ2v) is 6.38. The van der Waals surface area contributed by atoms with Gasteiger partial charge in [-0.15, -0.1) is 0 Å². The summed E-state index contributed by atoms with van der Waals surface area (Å²) in [6, 6.07) is 10.4. The van der Waals surface area contributed by atoms with Crippen LogP contribution in [-0.2, 0) is 11.2 Å². The largest absolute Gasteiger partial charge is 0.493 e. The van der Waals surface area contributed by atoms with Crippen molar-refractivity contribution in [3.63, 3.8) is 0 Å². The lowest BCUT2D eigenvalue weighted by atomic mass is 9.99. The second kappa shape index (κ2) is 7.99. The summed E-state index contributed by atoms with van der Waals surface area (Å²) in [5.74, 6) is 0.961. The monoisotopic (exact) mass is 369 g/mol. The van der Waals surface area contributed by atoms with Gasteiger partial charge in [0.05, 0.1) is 7.11 Å². The van der Waals surface area contributed by atoms with Gasteiger partial charge in [0.2, 0.25) is 0 Å². The maximum absolute atomic E-state index is 12.8. The van der Waals surface area contributed by atoms with Gasteiger partial charge in [0.25, 0.3) is 5.91 Å². The van der Waals surface area contributed by atoms with Crippen molar-refractivity contribution in [1.29, 1.82) is 0 Å². The number of benzene rings is 2. The highest BCUT2D eigenvalue weighted by Crippen LogP contribution is 2.33. The quantitative estimate of drug-likeness (QED) is 0.847. The Kier molecular flexibility index (Phi) is 5.49. The first-order valence-corrected chi connectivity index (χ1v) is 8.75. The molecule has 0 atom stereocenters. The average molecular weight is 369 g/mol. The van der Waals surface area contributed by atoms with E-state index in [2.05, 4.69) is 5.32 Å². The molecule has 1 aliphatic rings. The van der Waals surface area contributed by atoms with Crippen LogP contribution in [0.1, 0.15) is 17.5 Å². The number of hydrogen-bond donors (Lipinski definition) is 2. The van der Waals surface area contributed by atoms with Crippen LogP contribution < -0.4 is 25.4 Å². The van der Waals surface area contributed by atoms with Crippen molar-refractivity contribution in [3.8, 4) is 11.5 Å². The minimum Gasteiger partial charge on any atom is -0.493 e. The number of rotatable bonds is 5. The summed E-state index contributed by atoms with van der Waals surface area (Å²) >= 11 is 0. The third-order valence-corrected chi connectivity index (χ3v) is 4.48. The zero-order valence-corrected chi connectivity index (χ0v) is 15.5. The van der Waals surface area contributed by atoms with Crippen molar-refractivity contribution in [2.75, 3.05) is 30.5 Å². The van der Waals surface area contributed by atoms with Crippen LogP contribution in [0.3, 0.4) is 0 Å². The van der Waals surface area contributed by atoms with Gasteiger partial charge in [-0.1, -0.05) is 12.1 Å². The Labute approximate surface area is 158 Å². The summed E-state index contributed by atoms with van der Waals surface area (Å²) in [5, 5.41) is 2.62. The van der Waals surface area contributed by atoms with E-state index in [-0.39, 0.29) is 12.5 Å². The van der Waals surface area contributed by atoms with Crippen LogP contribution in [-0.4, -0.2) is 32.2 Å². The molecular weight excluding hydrogens is 346 g/mol. The van der Waals surface area contributed by atoms with Gasteiger partial charge in [-0.2, -0.15) is 0 Å². The van der Waals surface area contributed by atoms with Gasteiger partial charge in [0.1, 0.15) is 0 Å². The molecule has 0 radical (unpaired) electrons. The smallest absolute Gasteiger partial charge is 0.316 e. The van der Waals surface area contributed by atoms with E-state index < -0.39 is 6.03 Å². The highest BCUT2D eigenvalue weighted by Gasteiger charge is 2.25. The lowest BCUT2D eigenvalue weighted by Gasteiger charge is -2.30. The number of aryl methyl sites for hydroxylation is 1. The van der Waals surface area contributed by atoms with Crippen molar-refractivity contribution in [2.24, 2.45) is 5.73 Å². The molecule has 0 fully saturated rings. The molecule has 7 heteroatoms. The molecule has 7 nitrogen and oxygen atoms in total. The standard InChI is InChI=1S/C20H23N3O4/c1-13-8-9-17(18(11-13)26-2)27-12-19(24)23-10-4-5-14-15(22-20(21)25)6-3-7-16(14)23/h3,6-9,11H,4-5,10,12H2,1-2H3,(H3,21,22,25). The lowest BCUT2D eigenvalue weighted by Crippen LogP contribution is -2.39. The van der Waals surface area contributed by atoms with Gasteiger partial charge in [-0.25, -0.2) is 4.79 Å². The summed E-state index contributed by atoms with van der Waals surface area (Å²) in [4.78, 5) is 25.7. The van der Waals surface area contributed by atoms with E-state index in [1.54, 1.807) is 30.2 Å². The van der Waals surface area contributed by atoms with Crippen LogP contribution in [0.15, 0.2) is 36.4 Å². The maximum Gasteiger partial charge on any atom is 0.316 e. The first-order chi connectivity index (χ1) is 13.0. The number of hydrogen-bond acceptors (Lipinski definition) is 4. The van der Waals surface area contributed by atoms with E-state index in [0.717, 1.165) is 29.7 Å². The number of amides is 3. The normalized spacial score (nSPS) is 12.9.